The summed E-state index contributed by atoms with van der Waals surface area (Å²) in [7, 11) is 0. The largest absolute Gasteiger partial charge is 0.507 e. The van der Waals surface area contributed by atoms with Crippen LogP contribution in [0.5, 0.6) is 11.5 Å². The summed E-state index contributed by atoms with van der Waals surface area (Å²) in [5, 5.41) is 11.7. The number of amides is 1. The van der Waals surface area contributed by atoms with Gasteiger partial charge in [-0.25, -0.2) is 9.78 Å². The van der Waals surface area contributed by atoms with Crippen molar-refractivity contribution in [2.75, 3.05) is 18.1 Å². The van der Waals surface area contributed by atoms with Gasteiger partial charge in [-0.3, -0.25) is 14.5 Å². The number of ketones is 1. The third kappa shape index (κ3) is 5.54. The number of hydrogen-bond donors (Lipinski definition) is 1. The molecule has 1 fully saturated rings. The maximum atomic E-state index is 13.6. The van der Waals surface area contributed by atoms with Crippen molar-refractivity contribution in [2.24, 2.45) is 0 Å². The lowest BCUT2D eigenvalue weighted by Crippen LogP contribution is -2.29. The van der Waals surface area contributed by atoms with Gasteiger partial charge in [0.1, 0.15) is 34.8 Å². The van der Waals surface area contributed by atoms with Crippen LogP contribution in [0.1, 0.15) is 64.8 Å². The molecule has 5 rings (SSSR count). The number of unbranched alkanes of at least 4 members (excludes halogenated alkanes) is 1. The van der Waals surface area contributed by atoms with E-state index < -0.39 is 23.7 Å². The number of benzene rings is 2. The number of aryl methyl sites for hydroxylation is 1. The first-order valence-electron chi connectivity index (χ1n) is 13.8. The lowest BCUT2D eigenvalue weighted by atomic mass is 9.94. The summed E-state index contributed by atoms with van der Waals surface area (Å²) < 4.78 is 16.9. The standard InChI is InChI=1S/C32H32N2O7S/c1-5-7-14-39-23-10-8-9-20(17-23)26-25(27(35)21-11-12-24-22(16-21)15-18(3)41-24)28(36)30(37)34(26)32-33-19(4)29(42-32)31(38)40-13-6-2/h6,8-12,16-18,26,35H,2,5,7,13-15H2,1,3-4H3/b27-25+/t18-,26-/m1/s1. The molecule has 1 amide bonds. The highest BCUT2D eigenvalue weighted by Gasteiger charge is 2.48. The molecule has 10 heteroatoms. The van der Waals surface area contributed by atoms with Crippen LogP contribution in [0.4, 0.5) is 5.13 Å². The van der Waals surface area contributed by atoms with E-state index in [-0.39, 0.29) is 34.1 Å². The second-order valence-electron chi connectivity index (χ2n) is 10.2. The Morgan fingerprint density at radius 2 is 2.07 bits per heavy atom. The number of nitrogens with zero attached hydrogens (tertiary/aromatic N) is 2. The summed E-state index contributed by atoms with van der Waals surface area (Å²) >= 11 is 0.948. The minimum Gasteiger partial charge on any atom is -0.507 e. The predicted molar refractivity (Wildman–Crippen MR) is 159 cm³/mol. The van der Waals surface area contributed by atoms with Gasteiger partial charge >= 0.3 is 11.9 Å². The number of aliphatic hydroxyl groups excluding tert-OH is 1. The van der Waals surface area contributed by atoms with E-state index in [2.05, 4.69) is 18.5 Å². The molecule has 2 aliphatic rings. The molecule has 0 unspecified atom stereocenters. The molecule has 42 heavy (non-hydrogen) atoms. The maximum absolute atomic E-state index is 13.6. The van der Waals surface area contributed by atoms with E-state index >= 15 is 0 Å². The van der Waals surface area contributed by atoms with Crippen LogP contribution < -0.4 is 14.4 Å². The second-order valence-corrected chi connectivity index (χ2v) is 11.2. The fourth-order valence-electron chi connectivity index (χ4n) is 5.05. The molecule has 1 N–H and O–H groups in total. The van der Waals surface area contributed by atoms with Crippen LogP contribution in [-0.4, -0.2) is 47.1 Å². The number of thiazole rings is 1. The van der Waals surface area contributed by atoms with Gasteiger partial charge in [0.15, 0.2) is 5.13 Å². The number of Topliss-reactive ketones (excluding diaryl/α,β-unsaturated/α-hetero) is 1. The lowest BCUT2D eigenvalue weighted by molar-refractivity contribution is -0.132. The molecule has 0 saturated carbocycles. The number of aliphatic hydroxyl groups is 1. The van der Waals surface area contributed by atoms with Crippen LogP contribution >= 0.6 is 11.3 Å². The Labute approximate surface area is 248 Å². The predicted octanol–water partition coefficient (Wildman–Crippen LogP) is 5.92. The topological polar surface area (TPSA) is 115 Å². The Morgan fingerprint density at radius 3 is 2.83 bits per heavy atom. The van der Waals surface area contributed by atoms with E-state index in [9.17, 15) is 19.5 Å². The minimum atomic E-state index is -1.02. The number of carbonyl (C=O) groups excluding carboxylic acids is 3. The zero-order valence-electron chi connectivity index (χ0n) is 23.7. The lowest BCUT2D eigenvalue weighted by Gasteiger charge is -2.23. The number of anilines is 1. The van der Waals surface area contributed by atoms with Crippen molar-refractivity contribution in [3.63, 3.8) is 0 Å². The summed E-state index contributed by atoms with van der Waals surface area (Å²) in [5.74, 6) is -1.34. The van der Waals surface area contributed by atoms with E-state index in [4.69, 9.17) is 14.2 Å². The Hall–Kier alpha value is -4.44. The van der Waals surface area contributed by atoms with E-state index in [0.29, 0.717) is 35.6 Å². The van der Waals surface area contributed by atoms with Crippen molar-refractivity contribution in [1.29, 1.82) is 0 Å². The van der Waals surface area contributed by atoms with Crippen LogP contribution in [0.25, 0.3) is 5.76 Å². The quantitative estimate of drug-likeness (QED) is 0.0775. The van der Waals surface area contributed by atoms with Gasteiger partial charge in [0.05, 0.1) is 23.9 Å². The Balaban J connectivity index is 1.63. The van der Waals surface area contributed by atoms with Gasteiger partial charge < -0.3 is 19.3 Å². The third-order valence-electron chi connectivity index (χ3n) is 7.06. The van der Waals surface area contributed by atoms with Crippen molar-refractivity contribution >= 4 is 39.9 Å². The second kappa shape index (κ2) is 12.2. The van der Waals surface area contributed by atoms with Crippen LogP contribution in [0.3, 0.4) is 0 Å². The summed E-state index contributed by atoms with van der Waals surface area (Å²) in [6.45, 7) is 9.74. The number of fused-ring (bicyclic) bond motifs is 1. The van der Waals surface area contributed by atoms with Gasteiger partial charge in [-0.15, -0.1) is 0 Å². The van der Waals surface area contributed by atoms with Gasteiger partial charge in [0.2, 0.25) is 0 Å². The van der Waals surface area contributed by atoms with Crippen molar-refractivity contribution in [3.8, 4) is 11.5 Å². The first-order valence-corrected chi connectivity index (χ1v) is 14.6. The highest BCUT2D eigenvalue weighted by Crippen LogP contribution is 2.45. The van der Waals surface area contributed by atoms with E-state index in [1.165, 1.54) is 11.0 Å². The summed E-state index contributed by atoms with van der Waals surface area (Å²) in [6.07, 6.45) is 3.94. The fraction of sp³-hybridized carbons (Fsp3) is 0.312. The molecule has 0 bridgehead atoms. The minimum absolute atomic E-state index is 0.000988. The number of hydrogen-bond acceptors (Lipinski definition) is 9. The fourth-order valence-corrected chi connectivity index (χ4v) is 6.04. The highest BCUT2D eigenvalue weighted by molar-refractivity contribution is 7.17. The highest BCUT2D eigenvalue weighted by atomic mass is 32.1. The number of ether oxygens (including phenoxy) is 3. The summed E-state index contributed by atoms with van der Waals surface area (Å²) in [6, 6.07) is 11.3. The Morgan fingerprint density at radius 1 is 1.26 bits per heavy atom. The molecule has 2 aromatic carbocycles. The molecule has 1 saturated heterocycles. The first kappa shape index (κ1) is 29.1. The van der Waals surface area contributed by atoms with Crippen molar-refractivity contribution in [1.82, 2.24) is 4.98 Å². The Kier molecular flexibility index (Phi) is 8.44. The van der Waals surface area contributed by atoms with E-state index in [0.717, 1.165) is 35.5 Å². The average molecular weight is 589 g/mol. The van der Waals surface area contributed by atoms with Crippen molar-refractivity contribution < 1.29 is 33.7 Å². The van der Waals surface area contributed by atoms with E-state index in [1.807, 2.05) is 6.92 Å². The Bertz CT molecular complexity index is 1590. The third-order valence-corrected chi connectivity index (χ3v) is 8.20. The van der Waals surface area contributed by atoms with Gasteiger partial charge in [0, 0.05) is 12.0 Å². The number of rotatable bonds is 10. The molecule has 0 radical (unpaired) electrons. The SMILES string of the molecule is C=CCOC(=O)c1sc(N2C(=O)C(=O)/C(=C(/O)c3ccc4c(c3)C[C@@H](C)O4)[C@H]2c2cccc(OCCCC)c2)nc1C. The molecule has 2 atom stereocenters. The summed E-state index contributed by atoms with van der Waals surface area (Å²) in [5.41, 5.74) is 2.12. The van der Waals surface area contributed by atoms with Crippen molar-refractivity contribution in [3.05, 3.63) is 88.0 Å². The first-order chi connectivity index (χ1) is 20.2. The molecule has 0 aliphatic carbocycles. The molecule has 1 aromatic heterocycles. The zero-order valence-corrected chi connectivity index (χ0v) is 24.5. The van der Waals surface area contributed by atoms with E-state index in [1.54, 1.807) is 49.4 Å². The zero-order chi connectivity index (χ0) is 30.0. The van der Waals surface area contributed by atoms with Crippen LogP contribution in [0, 0.1) is 6.92 Å². The van der Waals surface area contributed by atoms with Gasteiger partial charge in [-0.1, -0.05) is 49.5 Å². The monoisotopic (exact) mass is 588 g/mol. The average Bonchev–Trinajstić information content (AvgIpc) is 3.63. The van der Waals surface area contributed by atoms with Gasteiger partial charge in [-0.2, -0.15) is 0 Å². The molecule has 9 nitrogen and oxygen atoms in total. The molecule has 2 aliphatic heterocycles. The van der Waals surface area contributed by atoms with Gasteiger partial charge in [0.25, 0.3) is 5.78 Å². The molecule has 3 heterocycles. The van der Waals surface area contributed by atoms with Gasteiger partial charge in [-0.05, 0) is 61.7 Å². The molecule has 0 spiro atoms. The van der Waals surface area contributed by atoms with Crippen LogP contribution in [0.2, 0.25) is 0 Å². The number of carbonyl (C=O) groups is 3. The molecule has 218 valence electrons. The number of aromatic nitrogens is 1. The molecule has 3 aromatic rings. The van der Waals surface area contributed by atoms with Crippen LogP contribution in [0.15, 0.2) is 60.7 Å². The maximum Gasteiger partial charge on any atom is 0.350 e. The smallest absolute Gasteiger partial charge is 0.350 e. The number of esters is 1. The van der Waals surface area contributed by atoms with Crippen LogP contribution in [-0.2, 0) is 20.7 Å². The van der Waals surface area contributed by atoms with Crippen molar-refractivity contribution in [2.45, 2.75) is 52.2 Å². The molecular formula is C32H32N2O7S. The summed E-state index contributed by atoms with van der Waals surface area (Å²) in [4.78, 5) is 45.9. The normalized spacial score (nSPS) is 19.0. The molecular weight excluding hydrogens is 556 g/mol.